The lowest BCUT2D eigenvalue weighted by Crippen LogP contribution is -2.69. The Morgan fingerprint density at radius 3 is 2.38 bits per heavy atom. The van der Waals surface area contributed by atoms with Crippen LogP contribution in [0.15, 0.2) is 23.4 Å². The van der Waals surface area contributed by atoms with Gasteiger partial charge in [-0.15, -0.1) is 0 Å². The molecule has 3 fully saturated rings. The number of nitrogens with one attached hydrogen (secondary N) is 1. The molecule has 1 amide bonds. The number of amides is 1. The van der Waals surface area contributed by atoms with Crippen LogP contribution in [0.2, 0.25) is 0 Å². The van der Waals surface area contributed by atoms with Gasteiger partial charge in [-0.3, -0.25) is 9.59 Å². The molecule has 0 unspecified atom stereocenters. The number of carbonyl (C=O) groups is 3. The SMILES string of the molecule is [C-]#[N+]C1=C[C@]2(C)C3=CC(=O)[C@@H]4[C@@H]5CC(C)(C)CC[C@]5(NC(=O)CC)CC[C@@]4(C)[C@]3(C)CC[C@H]2[C@H](C)C1=O. The van der Waals surface area contributed by atoms with E-state index in [4.69, 9.17) is 6.57 Å². The third-order valence-corrected chi connectivity index (χ3v) is 12.2. The Hall–Kier alpha value is -2.22. The van der Waals surface area contributed by atoms with Crippen LogP contribution in [0.4, 0.5) is 0 Å². The van der Waals surface area contributed by atoms with E-state index in [-0.39, 0.29) is 68.6 Å². The van der Waals surface area contributed by atoms with Gasteiger partial charge in [0.05, 0.1) is 6.57 Å². The maximum Gasteiger partial charge on any atom is 0.226 e. The van der Waals surface area contributed by atoms with Crippen molar-refractivity contribution in [1.82, 2.24) is 5.32 Å². The monoisotopic (exact) mass is 504 g/mol. The van der Waals surface area contributed by atoms with E-state index in [2.05, 4.69) is 44.8 Å². The average molecular weight is 505 g/mol. The fraction of sp³-hybridized carbons (Fsp3) is 0.750. The first-order chi connectivity index (χ1) is 17.2. The molecule has 5 heteroatoms. The fourth-order valence-electron chi connectivity index (χ4n) is 9.81. The number of hydrogen-bond acceptors (Lipinski definition) is 3. The molecule has 5 aliphatic rings. The molecule has 200 valence electrons. The lowest BCUT2D eigenvalue weighted by molar-refractivity contribution is -0.162. The molecular formula is C32H44N2O3. The molecule has 5 aliphatic carbocycles. The van der Waals surface area contributed by atoms with Crippen LogP contribution in [-0.4, -0.2) is 23.0 Å². The molecule has 0 spiro atoms. The van der Waals surface area contributed by atoms with Crippen molar-refractivity contribution in [3.8, 4) is 0 Å². The molecule has 5 rings (SSSR count). The van der Waals surface area contributed by atoms with Crippen molar-refractivity contribution in [3.63, 3.8) is 0 Å². The van der Waals surface area contributed by atoms with E-state index >= 15 is 0 Å². The first-order valence-corrected chi connectivity index (χ1v) is 14.4. The van der Waals surface area contributed by atoms with Crippen molar-refractivity contribution in [2.45, 2.75) is 105 Å². The third-order valence-electron chi connectivity index (χ3n) is 12.2. The van der Waals surface area contributed by atoms with E-state index in [1.165, 1.54) is 0 Å². The summed E-state index contributed by atoms with van der Waals surface area (Å²) in [6.07, 6.45) is 10.9. The van der Waals surface area contributed by atoms with E-state index in [9.17, 15) is 14.4 Å². The Balaban J connectivity index is 1.66. The van der Waals surface area contributed by atoms with Gasteiger partial charge >= 0.3 is 0 Å². The molecule has 0 heterocycles. The van der Waals surface area contributed by atoms with Crippen LogP contribution in [0.25, 0.3) is 4.85 Å². The van der Waals surface area contributed by atoms with Crippen molar-refractivity contribution >= 4 is 17.5 Å². The molecule has 0 aromatic heterocycles. The average Bonchev–Trinajstić information content (AvgIpc) is 2.83. The smallest absolute Gasteiger partial charge is 0.226 e. The van der Waals surface area contributed by atoms with E-state index in [1.807, 2.05) is 26.0 Å². The van der Waals surface area contributed by atoms with Crippen LogP contribution in [0.5, 0.6) is 0 Å². The highest BCUT2D eigenvalue weighted by atomic mass is 16.2. The van der Waals surface area contributed by atoms with Crippen molar-refractivity contribution in [1.29, 1.82) is 0 Å². The van der Waals surface area contributed by atoms with Gasteiger partial charge in [-0.1, -0.05) is 60.1 Å². The number of fused-ring (bicyclic) bond motifs is 7. The predicted molar refractivity (Wildman–Crippen MR) is 144 cm³/mol. The van der Waals surface area contributed by atoms with Gasteiger partial charge < -0.3 is 10.1 Å². The van der Waals surface area contributed by atoms with Crippen molar-refractivity contribution in [2.24, 2.45) is 45.3 Å². The molecule has 0 aromatic rings. The van der Waals surface area contributed by atoms with Gasteiger partial charge in [0.15, 0.2) is 11.6 Å². The highest BCUT2D eigenvalue weighted by molar-refractivity contribution is 6.01. The molecule has 5 nitrogen and oxygen atoms in total. The molecule has 3 saturated carbocycles. The Morgan fingerprint density at radius 2 is 1.73 bits per heavy atom. The molecule has 8 atom stereocenters. The van der Waals surface area contributed by atoms with E-state index in [0.717, 1.165) is 50.5 Å². The number of nitrogens with zero attached hydrogens (tertiary/aromatic N) is 1. The van der Waals surface area contributed by atoms with Crippen LogP contribution < -0.4 is 5.32 Å². The lowest BCUT2D eigenvalue weighted by Gasteiger charge is -2.68. The second-order valence-corrected chi connectivity index (χ2v) is 14.4. The van der Waals surface area contributed by atoms with E-state index < -0.39 is 5.41 Å². The van der Waals surface area contributed by atoms with Gasteiger partial charge in [-0.2, -0.15) is 0 Å². The number of hydrogen-bond donors (Lipinski definition) is 1. The zero-order chi connectivity index (χ0) is 27.2. The zero-order valence-electron chi connectivity index (χ0n) is 23.8. The Bertz CT molecular complexity index is 1170. The molecule has 0 aliphatic heterocycles. The summed E-state index contributed by atoms with van der Waals surface area (Å²) >= 11 is 0. The van der Waals surface area contributed by atoms with Crippen LogP contribution in [-0.2, 0) is 14.4 Å². The van der Waals surface area contributed by atoms with Crippen LogP contribution >= 0.6 is 0 Å². The van der Waals surface area contributed by atoms with Crippen LogP contribution in [0.1, 0.15) is 99.8 Å². The zero-order valence-corrected chi connectivity index (χ0v) is 23.8. The molecule has 37 heavy (non-hydrogen) atoms. The standard InChI is InChI=1S/C32H44N2O3/c1-9-25(36)34-32-14-12-28(3,4)17-21(32)26-23(35)16-24-29(5)18-22(33-8)27(37)19(2)20(29)10-11-30(24,6)31(26,7)13-15-32/h16,18-21,26H,9-15,17H2,1-7H3,(H,34,36)/t19-,20-,21-,26-,29-,30+,31+,32-/m0/s1. The summed E-state index contributed by atoms with van der Waals surface area (Å²) in [4.78, 5) is 43.7. The first kappa shape index (κ1) is 26.4. The second-order valence-electron chi connectivity index (χ2n) is 14.4. The highest BCUT2D eigenvalue weighted by Gasteiger charge is 2.69. The summed E-state index contributed by atoms with van der Waals surface area (Å²) < 4.78 is 0. The van der Waals surface area contributed by atoms with Crippen molar-refractivity contribution in [3.05, 3.63) is 34.8 Å². The third kappa shape index (κ3) is 3.43. The van der Waals surface area contributed by atoms with Crippen molar-refractivity contribution < 1.29 is 14.4 Å². The molecule has 0 radical (unpaired) electrons. The summed E-state index contributed by atoms with van der Waals surface area (Å²) in [5.74, 6) is 0.0940. The van der Waals surface area contributed by atoms with E-state index in [0.29, 0.717) is 6.42 Å². The van der Waals surface area contributed by atoms with E-state index in [1.54, 1.807) is 0 Å². The summed E-state index contributed by atoms with van der Waals surface area (Å²) in [6, 6.07) is 0. The minimum Gasteiger partial charge on any atom is -0.350 e. The largest absolute Gasteiger partial charge is 0.350 e. The second kappa shape index (κ2) is 8.14. The molecule has 0 bridgehead atoms. The normalized spacial score (nSPS) is 46.2. The van der Waals surface area contributed by atoms with Gasteiger partial charge in [-0.05, 0) is 79.1 Å². The van der Waals surface area contributed by atoms with Gasteiger partial charge in [0.1, 0.15) is 0 Å². The number of carbonyl (C=O) groups excluding carboxylic acids is 3. The lowest BCUT2D eigenvalue weighted by atomic mass is 9.36. The summed E-state index contributed by atoms with van der Waals surface area (Å²) in [7, 11) is 0. The topological polar surface area (TPSA) is 67.6 Å². The minimum atomic E-state index is -0.472. The van der Waals surface area contributed by atoms with Gasteiger partial charge in [0, 0.05) is 29.2 Å². The first-order valence-electron chi connectivity index (χ1n) is 14.4. The number of rotatable bonds is 2. The number of allylic oxidation sites excluding steroid dienone is 4. The highest BCUT2D eigenvalue weighted by Crippen LogP contribution is 2.72. The number of Topliss-reactive ketones (excluding diaryl/α,β-unsaturated/α-hetero) is 1. The maximum atomic E-state index is 14.4. The predicted octanol–water partition coefficient (Wildman–Crippen LogP) is 6.45. The van der Waals surface area contributed by atoms with Gasteiger partial charge in [0.2, 0.25) is 11.6 Å². The van der Waals surface area contributed by atoms with Gasteiger partial charge in [-0.25, -0.2) is 4.85 Å². The summed E-state index contributed by atoms with van der Waals surface area (Å²) in [5.41, 5.74) is 0.274. The quantitative estimate of drug-likeness (QED) is 0.440. The molecular weight excluding hydrogens is 460 g/mol. The van der Waals surface area contributed by atoms with Crippen molar-refractivity contribution in [2.75, 3.05) is 0 Å². The fourth-order valence-corrected chi connectivity index (χ4v) is 9.81. The van der Waals surface area contributed by atoms with Crippen LogP contribution in [0.3, 0.4) is 0 Å². The molecule has 0 saturated heterocycles. The maximum absolute atomic E-state index is 14.4. The molecule has 0 aromatic carbocycles. The number of ketones is 2. The summed E-state index contributed by atoms with van der Waals surface area (Å²) in [6.45, 7) is 23.0. The van der Waals surface area contributed by atoms with Gasteiger partial charge in [0.25, 0.3) is 0 Å². The molecule has 1 N–H and O–H groups in total. The van der Waals surface area contributed by atoms with Crippen LogP contribution in [0, 0.1) is 51.9 Å². The summed E-state index contributed by atoms with van der Waals surface area (Å²) in [5, 5.41) is 3.46. The minimum absolute atomic E-state index is 0.0496. The Labute approximate surface area is 222 Å². The Kier molecular flexibility index (Phi) is 5.81. The Morgan fingerprint density at radius 1 is 1.05 bits per heavy atom.